The van der Waals surface area contributed by atoms with Crippen LogP contribution < -0.4 is 4.90 Å². The molecule has 1 aliphatic rings. The quantitative estimate of drug-likeness (QED) is 0.637. The lowest BCUT2D eigenvalue weighted by atomic mass is 10.2. The van der Waals surface area contributed by atoms with Crippen LogP contribution in [-0.2, 0) is 0 Å². The van der Waals surface area contributed by atoms with Gasteiger partial charge in [-0.15, -0.1) is 0 Å². The number of benzene rings is 1. The molecule has 0 unspecified atom stereocenters. The van der Waals surface area contributed by atoms with Crippen molar-refractivity contribution in [1.29, 1.82) is 0 Å². The van der Waals surface area contributed by atoms with Crippen LogP contribution in [0.5, 0.6) is 0 Å². The van der Waals surface area contributed by atoms with Crippen LogP contribution in [0.2, 0.25) is 0 Å². The van der Waals surface area contributed by atoms with Gasteiger partial charge in [-0.2, -0.15) is 0 Å². The van der Waals surface area contributed by atoms with Crippen LogP contribution in [0, 0.1) is 10.1 Å². The van der Waals surface area contributed by atoms with E-state index < -0.39 is 0 Å². The predicted molar refractivity (Wildman–Crippen MR) is 83.1 cm³/mol. The van der Waals surface area contributed by atoms with Gasteiger partial charge in [0.25, 0.3) is 5.69 Å². The third-order valence-corrected chi connectivity index (χ3v) is 4.01. The Kier molecular flexibility index (Phi) is 3.90. The van der Waals surface area contributed by atoms with Crippen LogP contribution >= 0.6 is 0 Å². The van der Waals surface area contributed by atoms with Gasteiger partial charge in [0.15, 0.2) is 0 Å². The molecule has 2 heterocycles. The maximum absolute atomic E-state index is 11.4. The minimum absolute atomic E-state index is 0.197. The van der Waals surface area contributed by atoms with Crippen molar-refractivity contribution in [3.05, 3.63) is 52.8 Å². The lowest BCUT2D eigenvalue weighted by molar-refractivity contribution is -0.384. The average Bonchev–Trinajstić information content (AvgIpc) is 2.89. The second kappa shape index (κ2) is 5.99. The Morgan fingerprint density at radius 2 is 1.67 bits per heavy atom. The van der Waals surface area contributed by atoms with Crippen molar-refractivity contribution in [3.63, 3.8) is 0 Å². The minimum Gasteiger partial charge on any atom is -0.366 e. The zero-order chi connectivity index (χ0) is 14.7. The maximum atomic E-state index is 11.4. The lowest BCUT2D eigenvalue weighted by Gasteiger charge is -2.22. The molecule has 0 bridgehead atoms. The van der Waals surface area contributed by atoms with E-state index in [-0.39, 0.29) is 10.6 Å². The molecule has 0 spiro atoms. The molecule has 1 aliphatic heterocycles. The first-order valence-corrected chi connectivity index (χ1v) is 7.42. The second-order valence-corrected chi connectivity index (χ2v) is 5.42. The zero-order valence-corrected chi connectivity index (χ0v) is 11.9. The van der Waals surface area contributed by atoms with Crippen molar-refractivity contribution in [2.24, 2.45) is 0 Å². The number of hydrogen-bond donors (Lipinski definition) is 0. The summed E-state index contributed by atoms with van der Waals surface area (Å²) in [6.07, 6.45) is 8.43. The summed E-state index contributed by atoms with van der Waals surface area (Å²) in [5.41, 5.74) is 1.77. The van der Waals surface area contributed by atoms with Crippen LogP contribution in [0.4, 0.5) is 11.4 Å². The molecule has 110 valence electrons. The molecule has 5 nitrogen and oxygen atoms in total. The molecule has 1 aromatic heterocycles. The van der Waals surface area contributed by atoms with Gasteiger partial charge in [-0.25, -0.2) is 0 Å². The van der Waals surface area contributed by atoms with E-state index in [2.05, 4.69) is 4.90 Å². The van der Waals surface area contributed by atoms with Crippen LogP contribution in [0.1, 0.15) is 25.7 Å². The van der Waals surface area contributed by atoms with Gasteiger partial charge in [0.05, 0.1) is 10.6 Å². The monoisotopic (exact) mass is 285 g/mol. The summed E-state index contributed by atoms with van der Waals surface area (Å²) >= 11 is 0. The highest BCUT2D eigenvalue weighted by atomic mass is 16.6. The van der Waals surface area contributed by atoms with Crippen molar-refractivity contribution >= 4 is 11.4 Å². The molecule has 0 amide bonds. The Labute approximate surface area is 124 Å². The smallest absolute Gasteiger partial charge is 0.294 e. The average molecular weight is 285 g/mol. The molecule has 1 aromatic carbocycles. The lowest BCUT2D eigenvalue weighted by Crippen LogP contribution is -2.24. The highest BCUT2D eigenvalue weighted by molar-refractivity contribution is 5.66. The normalized spacial score (nSPS) is 15.7. The molecule has 0 aliphatic carbocycles. The van der Waals surface area contributed by atoms with Gasteiger partial charge in [-0.1, -0.05) is 12.8 Å². The number of aromatic nitrogens is 1. The van der Waals surface area contributed by atoms with Gasteiger partial charge in [-0.3, -0.25) is 10.1 Å². The number of nitrogens with zero attached hydrogens (tertiary/aromatic N) is 3. The van der Waals surface area contributed by atoms with Crippen LogP contribution in [0.25, 0.3) is 5.69 Å². The van der Waals surface area contributed by atoms with E-state index in [4.69, 9.17) is 0 Å². The molecule has 1 saturated heterocycles. The first kappa shape index (κ1) is 13.7. The molecule has 1 fully saturated rings. The summed E-state index contributed by atoms with van der Waals surface area (Å²) in [6.45, 7) is 1.81. The van der Waals surface area contributed by atoms with Crippen LogP contribution in [0.3, 0.4) is 0 Å². The Morgan fingerprint density at radius 3 is 2.29 bits per heavy atom. The summed E-state index contributed by atoms with van der Waals surface area (Å²) in [7, 11) is 0. The van der Waals surface area contributed by atoms with E-state index in [0.717, 1.165) is 37.3 Å². The first-order chi connectivity index (χ1) is 10.3. The van der Waals surface area contributed by atoms with Gasteiger partial charge >= 0.3 is 0 Å². The van der Waals surface area contributed by atoms with Gasteiger partial charge < -0.3 is 9.47 Å². The first-order valence-electron chi connectivity index (χ1n) is 7.42. The fourth-order valence-electron chi connectivity index (χ4n) is 2.90. The molecule has 2 aromatic rings. The van der Waals surface area contributed by atoms with Crippen LogP contribution in [-0.4, -0.2) is 22.6 Å². The van der Waals surface area contributed by atoms with Gasteiger partial charge in [0, 0.05) is 31.5 Å². The largest absolute Gasteiger partial charge is 0.366 e. The summed E-state index contributed by atoms with van der Waals surface area (Å²) in [5.74, 6) is 0. The second-order valence-electron chi connectivity index (χ2n) is 5.42. The number of nitro benzene ring substituents is 1. The van der Waals surface area contributed by atoms with E-state index in [1.807, 2.05) is 41.2 Å². The van der Waals surface area contributed by atoms with Crippen LogP contribution in [0.15, 0.2) is 42.7 Å². The fraction of sp³-hybridized carbons (Fsp3) is 0.375. The van der Waals surface area contributed by atoms with Crippen molar-refractivity contribution in [1.82, 2.24) is 4.57 Å². The summed E-state index contributed by atoms with van der Waals surface area (Å²) in [6, 6.07) is 9.33. The Bertz CT molecular complexity index is 614. The van der Waals surface area contributed by atoms with E-state index in [1.165, 1.54) is 12.8 Å². The topological polar surface area (TPSA) is 51.3 Å². The Morgan fingerprint density at radius 1 is 1.00 bits per heavy atom. The van der Waals surface area contributed by atoms with E-state index in [0.29, 0.717) is 0 Å². The van der Waals surface area contributed by atoms with Crippen molar-refractivity contribution in [2.75, 3.05) is 18.0 Å². The molecule has 0 N–H and O–H groups in total. The van der Waals surface area contributed by atoms with E-state index in [9.17, 15) is 10.1 Å². The summed E-state index contributed by atoms with van der Waals surface area (Å²) in [4.78, 5) is 13.3. The fourth-order valence-corrected chi connectivity index (χ4v) is 2.90. The number of rotatable bonds is 3. The third-order valence-electron chi connectivity index (χ3n) is 4.01. The Balaban J connectivity index is 1.98. The molecule has 3 rings (SSSR count). The molecule has 0 radical (unpaired) electrons. The van der Waals surface area contributed by atoms with E-state index in [1.54, 1.807) is 6.07 Å². The van der Waals surface area contributed by atoms with Crippen molar-refractivity contribution < 1.29 is 4.92 Å². The predicted octanol–water partition coefficient (Wildman–Crippen LogP) is 3.77. The molecular formula is C16H19N3O2. The Hall–Kier alpha value is -2.30. The van der Waals surface area contributed by atoms with Gasteiger partial charge in [0.2, 0.25) is 0 Å². The summed E-state index contributed by atoms with van der Waals surface area (Å²) in [5, 5.41) is 11.4. The van der Waals surface area contributed by atoms with Crippen molar-refractivity contribution in [2.45, 2.75) is 25.7 Å². The third kappa shape index (κ3) is 2.91. The molecule has 0 atom stereocenters. The summed E-state index contributed by atoms with van der Waals surface area (Å²) < 4.78 is 1.89. The number of hydrogen-bond acceptors (Lipinski definition) is 3. The van der Waals surface area contributed by atoms with Gasteiger partial charge in [0.1, 0.15) is 5.69 Å². The number of anilines is 1. The standard InChI is InChI=1S/C16H19N3O2/c20-19(21)16-13-14(17-9-5-6-10-17)7-8-15(16)18-11-3-1-2-4-12-18/h5-10,13H,1-4,11-12H2. The maximum Gasteiger partial charge on any atom is 0.294 e. The molecule has 0 saturated carbocycles. The van der Waals surface area contributed by atoms with Gasteiger partial charge in [-0.05, 0) is 37.1 Å². The minimum atomic E-state index is -0.271. The van der Waals surface area contributed by atoms with E-state index >= 15 is 0 Å². The molecule has 21 heavy (non-hydrogen) atoms. The highest BCUT2D eigenvalue weighted by Gasteiger charge is 2.21. The van der Waals surface area contributed by atoms with Crippen molar-refractivity contribution in [3.8, 4) is 5.69 Å². The zero-order valence-electron chi connectivity index (χ0n) is 11.9. The SMILES string of the molecule is O=[N+]([O-])c1cc(-n2cccc2)ccc1N1CCCCCC1. The highest BCUT2D eigenvalue weighted by Crippen LogP contribution is 2.32. The molecule has 5 heteroatoms. The molecular weight excluding hydrogens is 266 g/mol. The number of nitro groups is 1.